The van der Waals surface area contributed by atoms with Gasteiger partial charge in [0.05, 0.1) is 16.3 Å². The molecule has 4 nitrogen and oxygen atoms in total. The first kappa shape index (κ1) is 15.9. The molecule has 0 aliphatic carbocycles. The molecule has 0 aliphatic heterocycles. The Morgan fingerprint density at radius 3 is 2.41 bits per heavy atom. The van der Waals surface area contributed by atoms with Gasteiger partial charge in [-0.2, -0.15) is 0 Å². The second kappa shape index (κ2) is 6.53. The zero-order chi connectivity index (χ0) is 16.3. The van der Waals surface area contributed by atoms with Gasteiger partial charge in [-0.3, -0.25) is 9.59 Å². The molecule has 0 fully saturated rings. The lowest BCUT2D eigenvalue weighted by Gasteiger charge is -2.09. The lowest BCUT2D eigenvalue weighted by Crippen LogP contribution is -2.15. The van der Waals surface area contributed by atoms with Gasteiger partial charge in [-0.05, 0) is 36.4 Å². The van der Waals surface area contributed by atoms with E-state index < -0.39 is 17.5 Å². The largest absolute Gasteiger partial charge is 0.326 e. The van der Waals surface area contributed by atoms with Crippen molar-refractivity contribution >= 4 is 34.8 Å². The summed E-state index contributed by atoms with van der Waals surface area (Å²) in [5.74, 6) is -2.43. The van der Waals surface area contributed by atoms with Crippen LogP contribution >= 0.6 is 11.6 Å². The summed E-state index contributed by atoms with van der Waals surface area (Å²) >= 11 is 5.80. The number of halogens is 3. The maximum absolute atomic E-state index is 13.8. The molecule has 0 saturated heterocycles. The van der Waals surface area contributed by atoms with Crippen LogP contribution in [0.25, 0.3) is 0 Å². The van der Waals surface area contributed by atoms with Crippen molar-refractivity contribution in [2.24, 2.45) is 0 Å². The van der Waals surface area contributed by atoms with Gasteiger partial charge in [0.2, 0.25) is 5.91 Å². The number of anilines is 2. The van der Waals surface area contributed by atoms with Gasteiger partial charge >= 0.3 is 0 Å². The molecule has 22 heavy (non-hydrogen) atoms. The topological polar surface area (TPSA) is 58.2 Å². The number of amides is 2. The third-order valence-corrected chi connectivity index (χ3v) is 3.02. The maximum atomic E-state index is 13.8. The standard InChI is InChI=1S/C15H11ClF2N2O2/c1-8(21)19-10-3-4-13(18)11(7-10)15(22)20-14-5-2-9(17)6-12(14)16/h2-7H,1H3,(H,19,21)(H,20,22). The molecule has 0 aromatic heterocycles. The van der Waals surface area contributed by atoms with Crippen LogP contribution in [0.4, 0.5) is 20.2 Å². The van der Waals surface area contributed by atoms with Gasteiger partial charge in [-0.25, -0.2) is 8.78 Å². The number of carbonyl (C=O) groups is 2. The molecule has 0 aliphatic rings. The van der Waals surface area contributed by atoms with E-state index in [0.717, 1.165) is 18.2 Å². The van der Waals surface area contributed by atoms with Gasteiger partial charge in [0.25, 0.3) is 5.91 Å². The van der Waals surface area contributed by atoms with Crippen LogP contribution < -0.4 is 10.6 Å². The van der Waals surface area contributed by atoms with Crippen molar-refractivity contribution in [1.29, 1.82) is 0 Å². The fourth-order valence-corrected chi connectivity index (χ4v) is 1.98. The first-order chi connectivity index (χ1) is 10.4. The Hall–Kier alpha value is -2.47. The summed E-state index contributed by atoms with van der Waals surface area (Å²) < 4.78 is 26.7. The molecule has 0 saturated carbocycles. The van der Waals surface area contributed by atoms with Crippen LogP contribution in [0.2, 0.25) is 5.02 Å². The highest BCUT2D eigenvalue weighted by molar-refractivity contribution is 6.33. The van der Waals surface area contributed by atoms with E-state index in [1.807, 2.05) is 0 Å². The number of hydrogen-bond acceptors (Lipinski definition) is 2. The molecule has 2 amide bonds. The molecule has 0 radical (unpaired) electrons. The number of hydrogen-bond donors (Lipinski definition) is 2. The summed E-state index contributed by atoms with van der Waals surface area (Å²) in [6.45, 7) is 1.29. The van der Waals surface area contributed by atoms with Gasteiger partial charge in [-0.1, -0.05) is 11.6 Å². The minimum absolute atomic E-state index is 0.00762. The monoisotopic (exact) mass is 324 g/mol. The minimum Gasteiger partial charge on any atom is -0.326 e. The predicted molar refractivity (Wildman–Crippen MR) is 80.1 cm³/mol. The second-order valence-electron chi connectivity index (χ2n) is 4.45. The highest BCUT2D eigenvalue weighted by atomic mass is 35.5. The van der Waals surface area contributed by atoms with E-state index in [-0.39, 0.29) is 27.9 Å². The van der Waals surface area contributed by atoms with Crippen molar-refractivity contribution < 1.29 is 18.4 Å². The summed E-state index contributed by atoms with van der Waals surface area (Å²) in [7, 11) is 0. The molecule has 0 atom stereocenters. The lowest BCUT2D eigenvalue weighted by molar-refractivity contribution is -0.114. The molecule has 0 spiro atoms. The lowest BCUT2D eigenvalue weighted by atomic mass is 10.1. The predicted octanol–water partition coefficient (Wildman–Crippen LogP) is 3.83. The minimum atomic E-state index is -0.766. The quantitative estimate of drug-likeness (QED) is 0.901. The Bertz CT molecular complexity index is 750. The van der Waals surface area contributed by atoms with Crippen LogP contribution in [-0.4, -0.2) is 11.8 Å². The third kappa shape index (κ3) is 3.79. The maximum Gasteiger partial charge on any atom is 0.258 e. The molecular formula is C15H11ClF2N2O2. The van der Waals surface area contributed by atoms with Crippen LogP contribution in [0.3, 0.4) is 0 Å². The fourth-order valence-electron chi connectivity index (χ4n) is 1.76. The van der Waals surface area contributed by atoms with E-state index in [0.29, 0.717) is 0 Å². The van der Waals surface area contributed by atoms with Crippen molar-refractivity contribution in [3.63, 3.8) is 0 Å². The Morgan fingerprint density at radius 1 is 1.05 bits per heavy atom. The Kier molecular flexibility index (Phi) is 4.72. The molecule has 2 aromatic rings. The summed E-state index contributed by atoms with van der Waals surface area (Å²) in [6.07, 6.45) is 0. The average molecular weight is 325 g/mol. The van der Waals surface area contributed by atoms with Crippen molar-refractivity contribution in [3.8, 4) is 0 Å². The summed E-state index contributed by atoms with van der Waals surface area (Å²) in [5, 5.41) is 4.83. The van der Waals surface area contributed by atoms with E-state index in [9.17, 15) is 18.4 Å². The van der Waals surface area contributed by atoms with Crippen molar-refractivity contribution in [2.75, 3.05) is 10.6 Å². The molecule has 0 bridgehead atoms. The molecule has 2 rings (SSSR count). The molecule has 2 aromatic carbocycles. The van der Waals surface area contributed by atoms with Crippen LogP contribution in [-0.2, 0) is 4.79 Å². The normalized spacial score (nSPS) is 10.2. The van der Waals surface area contributed by atoms with E-state index in [1.54, 1.807) is 0 Å². The Labute approximate surface area is 130 Å². The molecule has 7 heteroatoms. The van der Waals surface area contributed by atoms with Gasteiger partial charge in [0, 0.05) is 12.6 Å². The molecule has 0 heterocycles. The van der Waals surface area contributed by atoms with Gasteiger partial charge in [0.1, 0.15) is 11.6 Å². The van der Waals surface area contributed by atoms with Crippen LogP contribution in [0.5, 0.6) is 0 Å². The van der Waals surface area contributed by atoms with E-state index >= 15 is 0 Å². The number of rotatable bonds is 3. The zero-order valence-electron chi connectivity index (χ0n) is 11.4. The van der Waals surface area contributed by atoms with E-state index in [4.69, 9.17) is 11.6 Å². The van der Waals surface area contributed by atoms with Crippen molar-refractivity contribution in [3.05, 3.63) is 58.6 Å². The second-order valence-corrected chi connectivity index (χ2v) is 4.86. The van der Waals surface area contributed by atoms with Gasteiger partial charge < -0.3 is 10.6 Å². The van der Waals surface area contributed by atoms with E-state index in [1.165, 1.54) is 25.1 Å². The van der Waals surface area contributed by atoms with Crippen molar-refractivity contribution in [2.45, 2.75) is 6.92 Å². The highest BCUT2D eigenvalue weighted by Gasteiger charge is 2.15. The smallest absolute Gasteiger partial charge is 0.258 e. The fraction of sp³-hybridized carbons (Fsp3) is 0.0667. The number of nitrogens with one attached hydrogen (secondary N) is 2. The summed E-state index contributed by atoms with van der Waals surface area (Å²) in [6, 6.07) is 7.01. The Balaban J connectivity index is 2.26. The summed E-state index contributed by atoms with van der Waals surface area (Å²) in [4.78, 5) is 23.1. The molecule has 114 valence electrons. The van der Waals surface area contributed by atoms with Crippen LogP contribution in [0, 0.1) is 11.6 Å². The number of carbonyl (C=O) groups excluding carboxylic acids is 2. The third-order valence-electron chi connectivity index (χ3n) is 2.71. The molecular weight excluding hydrogens is 314 g/mol. The zero-order valence-corrected chi connectivity index (χ0v) is 12.2. The van der Waals surface area contributed by atoms with Crippen LogP contribution in [0.15, 0.2) is 36.4 Å². The van der Waals surface area contributed by atoms with Gasteiger partial charge in [0.15, 0.2) is 0 Å². The Morgan fingerprint density at radius 2 is 1.77 bits per heavy atom. The number of benzene rings is 2. The molecule has 2 N–H and O–H groups in total. The average Bonchev–Trinajstić information content (AvgIpc) is 2.43. The van der Waals surface area contributed by atoms with Gasteiger partial charge in [-0.15, -0.1) is 0 Å². The highest BCUT2D eigenvalue weighted by Crippen LogP contribution is 2.24. The van der Waals surface area contributed by atoms with Crippen molar-refractivity contribution in [1.82, 2.24) is 0 Å². The van der Waals surface area contributed by atoms with E-state index in [2.05, 4.69) is 10.6 Å². The summed E-state index contributed by atoms with van der Waals surface area (Å²) in [5.41, 5.74) is 0.160. The molecule has 0 unspecified atom stereocenters. The first-order valence-corrected chi connectivity index (χ1v) is 6.58. The first-order valence-electron chi connectivity index (χ1n) is 6.20. The van der Waals surface area contributed by atoms with Crippen LogP contribution in [0.1, 0.15) is 17.3 Å². The SMILES string of the molecule is CC(=O)Nc1ccc(F)c(C(=O)Nc2ccc(F)cc2Cl)c1.